The van der Waals surface area contributed by atoms with E-state index in [9.17, 15) is 29.7 Å². The maximum absolute atomic E-state index is 13.3. The molecule has 19 aromatic rings. The number of carbonyl (C=O) groups excluding carboxylic acids is 3. The zero-order valence-corrected chi connectivity index (χ0v) is 58.0. The summed E-state index contributed by atoms with van der Waals surface area (Å²) >= 11 is 3.36. The third-order valence-electron chi connectivity index (χ3n) is 20.8. The van der Waals surface area contributed by atoms with Crippen molar-refractivity contribution in [1.82, 2.24) is 34.1 Å². The van der Waals surface area contributed by atoms with Gasteiger partial charge in [0.05, 0.1) is 67.6 Å². The number of nitrogens with zero attached hydrogens (tertiary/aromatic N) is 5. The average Bonchev–Trinajstić information content (AvgIpc) is 1.58. The lowest BCUT2D eigenvalue weighted by molar-refractivity contribution is 0.0998. The number of aliphatic imine (C=N–C) groups is 3. The number of H-pyrrole nitrogens is 5. The first-order valence-corrected chi connectivity index (χ1v) is 36.1. The van der Waals surface area contributed by atoms with Crippen LogP contribution in [0.15, 0.2) is 268 Å². The predicted octanol–water partition coefficient (Wildman–Crippen LogP) is 20.2. The molecule has 0 atom stereocenters. The number of aryl methyl sites for hydroxylation is 2. The molecule has 0 fully saturated rings. The van der Waals surface area contributed by atoms with E-state index >= 15 is 0 Å². The number of hydrogen-bond acceptors (Lipinski definition) is 8. The minimum absolute atomic E-state index is 0.0377. The summed E-state index contributed by atoms with van der Waals surface area (Å²) in [6.07, 6.45) is 0. The molecular weight excluding hydrogens is 1360 g/mol. The minimum atomic E-state index is -0.357. The van der Waals surface area contributed by atoms with Gasteiger partial charge in [-0.25, -0.2) is 15.0 Å². The van der Waals surface area contributed by atoms with E-state index in [1.54, 1.807) is 22.7 Å². The van der Waals surface area contributed by atoms with Crippen molar-refractivity contribution < 1.29 is 29.7 Å². The molecule has 16 nitrogen and oxygen atoms in total. The van der Waals surface area contributed by atoms with E-state index < -0.39 is 0 Å². The van der Waals surface area contributed by atoms with Crippen LogP contribution in [0.5, 0.6) is 17.6 Å². The van der Waals surface area contributed by atoms with Crippen LogP contribution < -0.4 is 0 Å². The van der Waals surface area contributed by atoms with Crippen molar-refractivity contribution in [3.8, 4) is 72.3 Å². The van der Waals surface area contributed by atoms with Crippen molar-refractivity contribution in [1.29, 1.82) is 0 Å². The second-order valence-corrected chi connectivity index (χ2v) is 28.6. The van der Waals surface area contributed by atoms with E-state index in [1.165, 1.54) is 9.75 Å². The highest BCUT2D eigenvalue weighted by Crippen LogP contribution is 2.45. The second kappa shape index (κ2) is 23.8. The Balaban J connectivity index is 0.000000106. The van der Waals surface area contributed by atoms with Gasteiger partial charge in [-0.05, 0) is 124 Å². The van der Waals surface area contributed by atoms with Crippen LogP contribution >= 0.6 is 22.7 Å². The van der Waals surface area contributed by atoms with Crippen LogP contribution in [-0.4, -0.2) is 84.2 Å². The first-order valence-electron chi connectivity index (χ1n) is 34.4. The minimum Gasteiger partial charge on any atom is -0.494 e. The zero-order valence-electron chi connectivity index (χ0n) is 56.4. The maximum atomic E-state index is 13.3. The Kier molecular flexibility index (Phi) is 13.9. The Morgan fingerprint density at radius 3 is 1.06 bits per heavy atom. The van der Waals surface area contributed by atoms with E-state index in [0.717, 1.165) is 132 Å². The fraction of sp³-hybridized carbons (Fsp3) is 0.0227. The summed E-state index contributed by atoms with van der Waals surface area (Å²) in [6.45, 7) is 0. The topological polar surface area (TPSA) is 238 Å². The molecule has 506 valence electrons. The molecule has 3 aliphatic heterocycles. The Bertz CT molecular complexity index is 7070. The van der Waals surface area contributed by atoms with Gasteiger partial charge in [0.15, 0.2) is 17.6 Å². The van der Waals surface area contributed by atoms with Crippen molar-refractivity contribution in [2.24, 2.45) is 29.1 Å². The molecule has 0 aliphatic carbocycles. The third-order valence-corrected chi connectivity index (χ3v) is 22.7. The Hall–Kier alpha value is -13.9. The van der Waals surface area contributed by atoms with Crippen LogP contribution in [0, 0.1) is 0 Å². The highest BCUT2D eigenvalue weighted by molar-refractivity contribution is 7.13. The first kappa shape index (κ1) is 61.9. The fourth-order valence-corrected chi connectivity index (χ4v) is 17.3. The van der Waals surface area contributed by atoms with Gasteiger partial charge in [-0.3, -0.25) is 14.4 Å². The number of para-hydroxylation sites is 4. The number of thiophene rings is 2. The van der Waals surface area contributed by atoms with Crippen molar-refractivity contribution in [2.45, 2.75) is 0 Å². The molecule has 0 bridgehead atoms. The summed E-state index contributed by atoms with van der Waals surface area (Å²) in [5.74, 6) is -1.18. The maximum Gasteiger partial charge on any atom is 0.280 e. The fourth-order valence-electron chi connectivity index (χ4n) is 15.8. The Morgan fingerprint density at radius 2 is 0.604 bits per heavy atom. The van der Waals surface area contributed by atoms with Crippen molar-refractivity contribution in [3.05, 3.63) is 303 Å². The van der Waals surface area contributed by atoms with E-state index in [1.807, 2.05) is 181 Å². The van der Waals surface area contributed by atoms with Gasteiger partial charge in [0.1, 0.15) is 0 Å². The quantitative estimate of drug-likeness (QED) is 0.0736. The lowest BCUT2D eigenvalue weighted by Crippen LogP contribution is -2.00. The average molecular weight is 1410 g/mol. The molecule has 8 N–H and O–H groups in total. The Morgan fingerprint density at radius 1 is 0.283 bits per heavy atom. The van der Waals surface area contributed by atoms with Crippen LogP contribution in [-0.2, 0) is 14.1 Å². The number of benzene rings is 10. The molecule has 22 rings (SSSR count). The highest BCUT2D eigenvalue weighted by Gasteiger charge is 2.37. The molecule has 10 aromatic carbocycles. The van der Waals surface area contributed by atoms with Crippen LogP contribution in [0.1, 0.15) is 64.5 Å². The number of aromatic nitrogens is 7. The van der Waals surface area contributed by atoms with Gasteiger partial charge in [-0.2, -0.15) is 0 Å². The smallest absolute Gasteiger partial charge is 0.280 e. The molecule has 0 spiro atoms. The van der Waals surface area contributed by atoms with Crippen LogP contribution in [0.25, 0.3) is 142 Å². The largest absolute Gasteiger partial charge is 0.494 e. The van der Waals surface area contributed by atoms with Crippen molar-refractivity contribution in [2.75, 3.05) is 0 Å². The molecule has 0 saturated heterocycles. The summed E-state index contributed by atoms with van der Waals surface area (Å²) in [4.78, 5) is 70.8. The van der Waals surface area contributed by atoms with Gasteiger partial charge in [-0.15, -0.1) is 22.7 Å². The van der Waals surface area contributed by atoms with Crippen LogP contribution in [0.2, 0.25) is 0 Å². The van der Waals surface area contributed by atoms with Gasteiger partial charge in [0.25, 0.3) is 17.7 Å². The van der Waals surface area contributed by atoms with Crippen LogP contribution in [0.3, 0.4) is 0 Å². The molecule has 12 heterocycles. The van der Waals surface area contributed by atoms with Crippen molar-refractivity contribution in [3.63, 3.8) is 0 Å². The third kappa shape index (κ3) is 9.65. The molecule has 106 heavy (non-hydrogen) atoms. The van der Waals surface area contributed by atoms with E-state index in [4.69, 9.17) is 0 Å². The summed E-state index contributed by atoms with van der Waals surface area (Å²) < 4.78 is 4.33. The summed E-state index contributed by atoms with van der Waals surface area (Å²) in [5.41, 5.74) is 21.6. The summed E-state index contributed by atoms with van der Waals surface area (Å²) in [6, 6.07) is 81.0. The molecule has 9 aromatic heterocycles. The monoisotopic (exact) mass is 1410 g/mol. The molecule has 0 unspecified atom stereocenters. The van der Waals surface area contributed by atoms with Crippen molar-refractivity contribution >= 4 is 145 Å². The number of carbonyl (C=O) groups is 3. The van der Waals surface area contributed by atoms with Gasteiger partial charge in [0, 0.05) is 128 Å². The second-order valence-electron chi connectivity index (χ2n) is 26.7. The molecule has 3 amide bonds. The number of amides is 3. The lowest BCUT2D eigenvalue weighted by Gasteiger charge is -2.03. The standard InChI is InChI=1S/C32H22N4O2.C30H18N4O2.C26H16N2O2S2/c1-35-23-9-5-3-7-19(23)21-15-17(11-13-25(21)35)29-27-28(32(38)33-29)30(34-31(27)37)18-12-14-26-22(16-18)20-8-4-6-10-24(20)36(26)2;35-29-25-26(28(34-29)16-10-12-24-20(14-16)18-6-2-4-8-22(18)32-24)30(36)33-27(25)15-9-11-23-19(13-15)17-5-1-3-7-21(17)31-23;29-25-21-22(24(28-25)18-11-7-16(8-12-18)20-4-2-14-32-20)26(30)27-23(21)17-9-5-15(6-10-17)19-3-1-13-31-19/h3-16,33,38H,1-2H3;1-14,31-33,36H;1-14,27,30H. The number of hydrogen-bond donors (Lipinski definition) is 8. The number of aromatic amines is 5. The Labute approximate surface area is 609 Å². The van der Waals surface area contributed by atoms with Gasteiger partial charge >= 0.3 is 0 Å². The molecule has 3 aliphatic rings. The zero-order chi connectivity index (χ0) is 71.3. The summed E-state index contributed by atoms with van der Waals surface area (Å²) in [5, 5.41) is 45.5. The molecule has 18 heteroatoms. The number of rotatable bonds is 8. The predicted molar refractivity (Wildman–Crippen MR) is 426 cm³/mol. The lowest BCUT2D eigenvalue weighted by atomic mass is 9.98. The van der Waals surface area contributed by atoms with Gasteiger partial charge in [0.2, 0.25) is 0 Å². The van der Waals surface area contributed by atoms with E-state index in [-0.39, 0.29) is 35.4 Å². The highest BCUT2D eigenvalue weighted by atomic mass is 32.1. The van der Waals surface area contributed by atoms with E-state index in [2.05, 4.69) is 136 Å². The summed E-state index contributed by atoms with van der Waals surface area (Å²) in [7, 11) is 4.11. The first-order chi connectivity index (χ1) is 51.8. The van der Waals surface area contributed by atoms with E-state index in [0.29, 0.717) is 67.6 Å². The molecular formula is C88H56N10O6S2. The van der Waals surface area contributed by atoms with Gasteiger partial charge < -0.3 is 49.4 Å². The van der Waals surface area contributed by atoms with Crippen LogP contribution in [0.4, 0.5) is 0 Å². The van der Waals surface area contributed by atoms with Gasteiger partial charge in [-0.1, -0.05) is 158 Å². The molecule has 0 saturated carbocycles. The normalized spacial score (nSPS) is 13.2. The number of nitrogens with one attached hydrogen (secondary N) is 5. The SMILES string of the molecule is Cn1c2ccccc2c2cc(C3=NC(=O)c4c(-c5ccc6c(c5)c5ccccc5n6C)[nH]c(O)c43)ccc21.O=C1N=C(c2ccc(-c3cccs3)cc2)c2c(O)[nH]c(-c3ccc(-c4cccs4)cc3)c21.O=C1N=C(c2ccc3[nH]c4ccccc4c3c2)c2c(O)[nH]c(-c3ccc4[nH]c5ccccc5c4c3)c21. The number of aromatic hydroxyl groups is 3. The number of fused-ring (bicyclic) bond motifs is 15. The molecule has 0 radical (unpaired) electrons.